The maximum Gasteiger partial charge on any atom is 0.191 e. The van der Waals surface area contributed by atoms with Crippen LogP contribution in [0.5, 0.6) is 0 Å². The summed E-state index contributed by atoms with van der Waals surface area (Å²) in [5.41, 5.74) is 3.13. The summed E-state index contributed by atoms with van der Waals surface area (Å²) in [6.45, 7) is 4.41. The summed E-state index contributed by atoms with van der Waals surface area (Å²) >= 11 is 11.3. The highest BCUT2D eigenvalue weighted by atomic mass is 35.5. The minimum Gasteiger partial charge on any atom is -0.305 e. The highest BCUT2D eigenvalue weighted by molar-refractivity contribution is 7.98. The molecule has 0 fully saturated rings. The van der Waals surface area contributed by atoms with E-state index in [0.717, 1.165) is 43.6 Å². The Balaban J connectivity index is 1.47. The minimum atomic E-state index is 0.526. The number of hydrogen-bond acceptors (Lipinski definition) is 6. The normalized spacial score (nSPS) is 11.5. The first-order valence-electron chi connectivity index (χ1n) is 8.83. The van der Waals surface area contributed by atoms with Gasteiger partial charge in [-0.05, 0) is 18.1 Å². The number of nitrogens with zero attached hydrogens (tertiary/aromatic N) is 4. The fourth-order valence-electron chi connectivity index (χ4n) is 2.73. The third-order valence-electron chi connectivity index (χ3n) is 4.29. The first-order valence-corrected chi connectivity index (χ1v) is 12.0. The largest absolute Gasteiger partial charge is 0.305 e. The van der Waals surface area contributed by atoms with Crippen LogP contribution < -0.4 is 0 Å². The number of thiophene rings is 1. The molecule has 0 aliphatic carbocycles. The van der Waals surface area contributed by atoms with Gasteiger partial charge in [0.2, 0.25) is 0 Å². The van der Waals surface area contributed by atoms with Crippen molar-refractivity contribution in [3.63, 3.8) is 0 Å². The molecule has 3 aromatic heterocycles. The van der Waals surface area contributed by atoms with Gasteiger partial charge in [-0.1, -0.05) is 55.4 Å². The lowest BCUT2D eigenvalue weighted by molar-refractivity contribution is 0.793. The van der Waals surface area contributed by atoms with Crippen molar-refractivity contribution >= 4 is 46.0 Å². The monoisotopic (exact) mass is 446 g/mol. The van der Waals surface area contributed by atoms with Crippen molar-refractivity contribution in [3.8, 4) is 22.0 Å². The molecule has 4 nitrogen and oxygen atoms in total. The van der Waals surface area contributed by atoms with Crippen LogP contribution in [0.25, 0.3) is 22.0 Å². The summed E-state index contributed by atoms with van der Waals surface area (Å²) < 4.78 is 2.05. The van der Waals surface area contributed by atoms with Crippen LogP contribution in [0.2, 0.25) is 5.02 Å². The molecule has 0 N–H and O–H groups in total. The lowest BCUT2D eigenvalue weighted by atomic mass is 10.1. The minimum absolute atomic E-state index is 0.526. The molecule has 0 unspecified atom stereocenters. The van der Waals surface area contributed by atoms with Crippen molar-refractivity contribution in [2.24, 2.45) is 7.05 Å². The van der Waals surface area contributed by atoms with E-state index in [-0.39, 0.29) is 0 Å². The zero-order valence-corrected chi connectivity index (χ0v) is 18.9. The molecule has 0 saturated carbocycles. The molecule has 4 rings (SSSR count). The van der Waals surface area contributed by atoms with Gasteiger partial charge >= 0.3 is 0 Å². The zero-order chi connectivity index (χ0) is 19.7. The molecule has 0 bridgehead atoms. The second-order valence-electron chi connectivity index (χ2n) is 6.67. The number of aromatic nitrogens is 4. The van der Waals surface area contributed by atoms with E-state index in [4.69, 9.17) is 16.6 Å². The van der Waals surface area contributed by atoms with Gasteiger partial charge in [-0.3, -0.25) is 0 Å². The predicted octanol–water partition coefficient (Wildman–Crippen LogP) is 6.74. The number of thioether (sulfide) groups is 1. The summed E-state index contributed by atoms with van der Waals surface area (Å²) in [5.74, 6) is 2.17. The SMILES string of the molecule is CC(C)c1cc(-c2nnc(SCc3csc(-c4ccccc4Cl)n3)n2C)cs1. The molecule has 8 heteroatoms. The predicted molar refractivity (Wildman–Crippen MR) is 121 cm³/mol. The van der Waals surface area contributed by atoms with E-state index in [1.165, 1.54) is 4.88 Å². The van der Waals surface area contributed by atoms with Crippen LogP contribution in [0.15, 0.2) is 46.2 Å². The smallest absolute Gasteiger partial charge is 0.191 e. The third kappa shape index (κ3) is 4.03. The summed E-state index contributed by atoms with van der Waals surface area (Å²) in [5, 5.41) is 15.6. The van der Waals surface area contributed by atoms with E-state index in [2.05, 4.69) is 45.4 Å². The van der Waals surface area contributed by atoms with Gasteiger partial charge in [-0.15, -0.1) is 32.9 Å². The van der Waals surface area contributed by atoms with Crippen molar-refractivity contribution in [2.75, 3.05) is 0 Å². The first kappa shape index (κ1) is 19.6. The summed E-state index contributed by atoms with van der Waals surface area (Å²) in [6, 6.07) is 10.0. The van der Waals surface area contributed by atoms with Gasteiger partial charge in [0.25, 0.3) is 0 Å². The second-order valence-corrected chi connectivity index (χ2v) is 9.82. The van der Waals surface area contributed by atoms with E-state index in [1.807, 2.05) is 31.3 Å². The highest BCUT2D eigenvalue weighted by Crippen LogP contribution is 2.33. The van der Waals surface area contributed by atoms with Gasteiger partial charge in [0.05, 0.1) is 10.7 Å². The van der Waals surface area contributed by atoms with E-state index >= 15 is 0 Å². The van der Waals surface area contributed by atoms with Gasteiger partial charge < -0.3 is 4.57 Å². The van der Waals surface area contributed by atoms with Crippen LogP contribution in [0, 0.1) is 0 Å². The summed E-state index contributed by atoms with van der Waals surface area (Å²) in [6.07, 6.45) is 0. The topological polar surface area (TPSA) is 43.6 Å². The fraction of sp³-hybridized carbons (Fsp3) is 0.250. The van der Waals surface area contributed by atoms with Gasteiger partial charge in [0, 0.05) is 39.6 Å². The van der Waals surface area contributed by atoms with Crippen LogP contribution >= 0.6 is 46.0 Å². The van der Waals surface area contributed by atoms with Gasteiger partial charge in [0.15, 0.2) is 11.0 Å². The van der Waals surface area contributed by atoms with Crippen molar-refractivity contribution in [3.05, 3.63) is 56.7 Å². The quantitative estimate of drug-likeness (QED) is 0.308. The number of rotatable bonds is 6. The molecule has 3 heterocycles. The van der Waals surface area contributed by atoms with E-state index in [9.17, 15) is 0 Å². The summed E-state index contributed by atoms with van der Waals surface area (Å²) in [7, 11) is 2.01. The Labute approximate surface area is 181 Å². The molecule has 0 aliphatic heterocycles. The molecule has 144 valence electrons. The van der Waals surface area contributed by atoms with Crippen LogP contribution in [0.1, 0.15) is 30.3 Å². The van der Waals surface area contributed by atoms with Crippen molar-refractivity contribution in [1.29, 1.82) is 0 Å². The van der Waals surface area contributed by atoms with Crippen LogP contribution in [-0.2, 0) is 12.8 Å². The van der Waals surface area contributed by atoms with Crippen LogP contribution in [-0.4, -0.2) is 19.7 Å². The van der Waals surface area contributed by atoms with Crippen molar-refractivity contribution < 1.29 is 0 Å². The molecule has 4 aromatic rings. The standard InChI is InChI=1S/C20H19ClN4S3/c1-12(2)17-8-13(9-26-17)18-23-24-20(25(18)3)28-11-14-10-27-19(22-14)15-6-4-5-7-16(15)21/h4-10,12H,11H2,1-3H3. The molecule has 0 saturated heterocycles. The zero-order valence-electron chi connectivity index (χ0n) is 15.7. The lowest BCUT2D eigenvalue weighted by Gasteiger charge is -2.02. The maximum absolute atomic E-state index is 6.28. The Morgan fingerprint density at radius 1 is 1.14 bits per heavy atom. The van der Waals surface area contributed by atoms with E-state index < -0.39 is 0 Å². The van der Waals surface area contributed by atoms with Crippen LogP contribution in [0.4, 0.5) is 0 Å². The van der Waals surface area contributed by atoms with Crippen LogP contribution in [0.3, 0.4) is 0 Å². The molecule has 0 spiro atoms. The third-order valence-corrected chi connectivity index (χ3v) is 7.83. The molecule has 0 amide bonds. The van der Waals surface area contributed by atoms with Gasteiger partial charge in [-0.2, -0.15) is 0 Å². The van der Waals surface area contributed by atoms with E-state index in [0.29, 0.717) is 5.92 Å². The number of halogens is 1. The van der Waals surface area contributed by atoms with E-state index in [1.54, 1.807) is 34.4 Å². The Morgan fingerprint density at radius 2 is 1.96 bits per heavy atom. The molecule has 0 aliphatic rings. The second kappa shape index (κ2) is 8.37. The summed E-state index contributed by atoms with van der Waals surface area (Å²) in [4.78, 5) is 6.09. The molecular weight excluding hydrogens is 428 g/mol. The molecule has 28 heavy (non-hydrogen) atoms. The van der Waals surface area contributed by atoms with Crippen molar-refractivity contribution in [2.45, 2.75) is 30.7 Å². The Kier molecular flexibility index (Phi) is 5.87. The highest BCUT2D eigenvalue weighted by Gasteiger charge is 2.15. The maximum atomic E-state index is 6.28. The number of hydrogen-bond donors (Lipinski definition) is 0. The molecular formula is C20H19ClN4S3. The van der Waals surface area contributed by atoms with Crippen molar-refractivity contribution in [1.82, 2.24) is 19.7 Å². The Bertz CT molecular complexity index is 1100. The number of benzene rings is 1. The first-order chi connectivity index (χ1) is 13.5. The fourth-order valence-corrected chi connectivity index (χ4v) is 5.69. The average molecular weight is 447 g/mol. The van der Waals surface area contributed by atoms with Gasteiger partial charge in [0.1, 0.15) is 5.01 Å². The molecule has 0 atom stereocenters. The Morgan fingerprint density at radius 3 is 2.71 bits per heavy atom. The number of thiazole rings is 1. The molecule has 0 radical (unpaired) electrons. The average Bonchev–Trinajstić information content (AvgIpc) is 3.40. The Hall–Kier alpha value is -1.67. The lowest BCUT2D eigenvalue weighted by Crippen LogP contribution is -1.94. The molecule has 1 aromatic carbocycles. The van der Waals surface area contributed by atoms with Gasteiger partial charge in [-0.25, -0.2) is 4.98 Å².